The number of amides is 1. The van der Waals surface area contributed by atoms with E-state index in [0.717, 1.165) is 29.9 Å². The third-order valence-corrected chi connectivity index (χ3v) is 5.01. The number of carbonyl (C=O) groups is 1. The van der Waals surface area contributed by atoms with Crippen LogP contribution in [0.1, 0.15) is 47.4 Å². The SMILES string of the molecule is Cc1noc([C@@H]2CCN(C(=O)CCc3c(C)nc4ncnn4c3C)C2)n1. The van der Waals surface area contributed by atoms with Gasteiger partial charge in [-0.05, 0) is 39.2 Å². The fraction of sp³-hybridized carbons (Fsp3) is 0.529. The molecule has 1 amide bonds. The standard InChI is InChI=1S/C17H21N7O2/c1-10-14(11(2)24-17(20-10)18-9-19-24)4-5-15(25)23-7-6-13(8-23)16-21-12(3)22-26-16/h9,13H,4-8H2,1-3H3/t13-/m1/s1. The lowest BCUT2D eigenvalue weighted by Crippen LogP contribution is -2.28. The summed E-state index contributed by atoms with van der Waals surface area (Å²) in [6.45, 7) is 7.10. The second-order valence-electron chi connectivity index (χ2n) is 6.74. The van der Waals surface area contributed by atoms with Crippen LogP contribution in [0.3, 0.4) is 0 Å². The smallest absolute Gasteiger partial charge is 0.252 e. The van der Waals surface area contributed by atoms with Crippen molar-refractivity contribution in [2.24, 2.45) is 0 Å². The molecule has 1 aliphatic heterocycles. The van der Waals surface area contributed by atoms with Gasteiger partial charge in [0, 0.05) is 30.9 Å². The summed E-state index contributed by atoms with van der Waals surface area (Å²) in [5.74, 6) is 2.13. The number of likely N-dealkylation sites (tertiary alicyclic amines) is 1. The molecular weight excluding hydrogens is 334 g/mol. The summed E-state index contributed by atoms with van der Waals surface area (Å²) < 4.78 is 6.97. The molecule has 9 heteroatoms. The van der Waals surface area contributed by atoms with Crippen LogP contribution in [-0.4, -0.2) is 53.6 Å². The van der Waals surface area contributed by atoms with Crippen molar-refractivity contribution in [1.82, 2.24) is 34.6 Å². The lowest BCUT2D eigenvalue weighted by atomic mass is 10.1. The van der Waals surface area contributed by atoms with Crippen LogP contribution >= 0.6 is 0 Å². The van der Waals surface area contributed by atoms with Crippen molar-refractivity contribution in [3.8, 4) is 0 Å². The van der Waals surface area contributed by atoms with E-state index in [1.54, 1.807) is 11.4 Å². The van der Waals surface area contributed by atoms with Gasteiger partial charge in [0.15, 0.2) is 5.82 Å². The van der Waals surface area contributed by atoms with Crippen LogP contribution in [0.5, 0.6) is 0 Å². The number of nitrogens with zero attached hydrogens (tertiary/aromatic N) is 7. The van der Waals surface area contributed by atoms with Crippen LogP contribution in [0.2, 0.25) is 0 Å². The maximum atomic E-state index is 12.6. The Hall–Kier alpha value is -2.84. The first kappa shape index (κ1) is 16.6. The molecule has 9 nitrogen and oxygen atoms in total. The van der Waals surface area contributed by atoms with Gasteiger partial charge in [0.25, 0.3) is 5.78 Å². The fourth-order valence-corrected chi connectivity index (χ4v) is 3.57. The molecule has 0 aliphatic carbocycles. The summed E-state index contributed by atoms with van der Waals surface area (Å²) >= 11 is 0. The van der Waals surface area contributed by atoms with Gasteiger partial charge in [-0.3, -0.25) is 4.79 Å². The van der Waals surface area contributed by atoms with E-state index in [1.165, 1.54) is 6.33 Å². The lowest BCUT2D eigenvalue weighted by Gasteiger charge is -2.17. The quantitative estimate of drug-likeness (QED) is 0.696. The van der Waals surface area contributed by atoms with Crippen LogP contribution < -0.4 is 0 Å². The number of hydrogen-bond acceptors (Lipinski definition) is 7. The van der Waals surface area contributed by atoms with Crippen molar-refractivity contribution in [3.05, 3.63) is 35.0 Å². The van der Waals surface area contributed by atoms with E-state index in [-0.39, 0.29) is 11.8 Å². The van der Waals surface area contributed by atoms with E-state index in [9.17, 15) is 4.79 Å². The Morgan fingerprint density at radius 1 is 1.31 bits per heavy atom. The van der Waals surface area contributed by atoms with Crippen LogP contribution in [0.15, 0.2) is 10.9 Å². The highest BCUT2D eigenvalue weighted by atomic mass is 16.5. The number of aromatic nitrogens is 6. The van der Waals surface area contributed by atoms with Crippen molar-refractivity contribution in [1.29, 1.82) is 0 Å². The average molecular weight is 355 g/mol. The Morgan fingerprint density at radius 3 is 2.92 bits per heavy atom. The Bertz CT molecular complexity index is 961. The molecule has 0 saturated carbocycles. The molecule has 0 aromatic carbocycles. The van der Waals surface area contributed by atoms with Crippen LogP contribution in [0.25, 0.3) is 5.78 Å². The van der Waals surface area contributed by atoms with E-state index in [1.807, 2.05) is 18.7 Å². The minimum Gasteiger partial charge on any atom is -0.342 e. The van der Waals surface area contributed by atoms with Gasteiger partial charge in [-0.15, -0.1) is 0 Å². The predicted molar refractivity (Wildman–Crippen MR) is 91.6 cm³/mol. The van der Waals surface area contributed by atoms with Gasteiger partial charge in [-0.2, -0.15) is 15.1 Å². The van der Waals surface area contributed by atoms with Gasteiger partial charge in [-0.25, -0.2) is 9.50 Å². The molecule has 1 aliphatic rings. The molecule has 3 aromatic heterocycles. The third-order valence-electron chi connectivity index (χ3n) is 5.01. The van der Waals surface area contributed by atoms with Gasteiger partial charge >= 0.3 is 0 Å². The molecule has 1 fully saturated rings. The van der Waals surface area contributed by atoms with Crippen molar-refractivity contribution >= 4 is 11.7 Å². The van der Waals surface area contributed by atoms with E-state index < -0.39 is 0 Å². The minimum atomic E-state index is 0.136. The zero-order chi connectivity index (χ0) is 18.3. The van der Waals surface area contributed by atoms with E-state index in [2.05, 4.69) is 25.2 Å². The fourth-order valence-electron chi connectivity index (χ4n) is 3.57. The summed E-state index contributed by atoms with van der Waals surface area (Å²) in [5, 5.41) is 8.03. The first-order valence-electron chi connectivity index (χ1n) is 8.76. The lowest BCUT2D eigenvalue weighted by molar-refractivity contribution is -0.130. The highest BCUT2D eigenvalue weighted by Gasteiger charge is 2.30. The molecule has 0 N–H and O–H groups in total. The molecule has 4 rings (SSSR count). The maximum Gasteiger partial charge on any atom is 0.252 e. The Balaban J connectivity index is 1.42. The summed E-state index contributed by atoms with van der Waals surface area (Å²) in [7, 11) is 0. The first-order chi connectivity index (χ1) is 12.5. The molecule has 1 atom stereocenters. The normalized spacial score (nSPS) is 17.3. The molecule has 0 radical (unpaired) electrons. The van der Waals surface area contributed by atoms with E-state index in [0.29, 0.717) is 36.9 Å². The maximum absolute atomic E-state index is 12.6. The van der Waals surface area contributed by atoms with Crippen LogP contribution in [0, 0.1) is 20.8 Å². The van der Waals surface area contributed by atoms with Gasteiger partial charge in [-0.1, -0.05) is 5.16 Å². The molecule has 0 bridgehead atoms. The average Bonchev–Trinajstić information content (AvgIpc) is 3.33. The number of aryl methyl sites for hydroxylation is 3. The van der Waals surface area contributed by atoms with E-state index >= 15 is 0 Å². The zero-order valence-electron chi connectivity index (χ0n) is 15.1. The van der Waals surface area contributed by atoms with Crippen LogP contribution in [0.4, 0.5) is 0 Å². The van der Waals surface area contributed by atoms with Crippen molar-refractivity contribution in [2.75, 3.05) is 13.1 Å². The molecule has 26 heavy (non-hydrogen) atoms. The largest absolute Gasteiger partial charge is 0.342 e. The van der Waals surface area contributed by atoms with Crippen molar-refractivity contribution in [3.63, 3.8) is 0 Å². The summed E-state index contributed by atoms with van der Waals surface area (Å²) in [4.78, 5) is 27.4. The number of rotatable bonds is 4. The molecule has 136 valence electrons. The van der Waals surface area contributed by atoms with Crippen molar-refractivity contribution < 1.29 is 9.32 Å². The van der Waals surface area contributed by atoms with Gasteiger partial charge in [0.2, 0.25) is 11.8 Å². The van der Waals surface area contributed by atoms with Gasteiger partial charge in [0.05, 0.1) is 5.92 Å². The Kier molecular flexibility index (Phi) is 4.14. The molecule has 1 saturated heterocycles. The first-order valence-corrected chi connectivity index (χ1v) is 8.76. The molecule has 4 heterocycles. The second-order valence-corrected chi connectivity index (χ2v) is 6.74. The summed E-state index contributed by atoms with van der Waals surface area (Å²) in [6, 6.07) is 0. The second kappa shape index (κ2) is 6.47. The van der Waals surface area contributed by atoms with Gasteiger partial charge < -0.3 is 9.42 Å². The van der Waals surface area contributed by atoms with E-state index in [4.69, 9.17) is 4.52 Å². The summed E-state index contributed by atoms with van der Waals surface area (Å²) in [6.07, 6.45) is 3.44. The number of hydrogen-bond donors (Lipinski definition) is 0. The molecule has 0 spiro atoms. The number of fused-ring (bicyclic) bond motifs is 1. The number of carbonyl (C=O) groups excluding carboxylic acids is 1. The zero-order valence-corrected chi connectivity index (χ0v) is 15.1. The Morgan fingerprint density at radius 2 is 2.15 bits per heavy atom. The third kappa shape index (κ3) is 2.93. The van der Waals surface area contributed by atoms with Crippen molar-refractivity contribution in [2.45, 2.75) is 46.0 Å². The minimum absolute atomic E-state index is 0.136. The molecular formula is C17H21N7O2. The molecule has 0 unspecified atom stereocenters. The highest BCUT2D eigenvalue weighted by Crippen LogP contribution is 2.26. The predicted octanol–water partition coefficient (Wildman–Crippen LogP) is 1.38. The molecule has 3 aromatic rings. The monoisotopic (exact) mass is 355 g/mol. The highest BCUT2D eigenvalue weighted by molar-refractivity contribution is 5.77. The summed E-state index contributed by atoms with van der Waals surface area (Å²) in [5.41, 5.74) is 2.94. The van der Waals surface area contributed by atoms with Crippen LogP contribution in [-0.2, 0) is 11.2 Å². The van der Waals surface area contributed by atoms with Gasteiger partial charge in [0.1, 0.15) is 6.33 Å². The Labute approximate surface area is 150 Å². The topological polar surface area (TPSA) is 102 Å².